The van der Waals surface area contributed by atoms with E-state index in [1.165, 1.54) is 12.1 Å². The molecule has 1 heterocycles. The summed E-state index contributed by atoms with van der Waals surface area (Å²) in [6.07, 6.45) is 2.52. The van der Waals surface area contributed by atoms with Crippen molar-refractivity contribution in [2.75, 3.05) is 26.7 Å². The van der Waals surface area contributed by atoms with Crippen molar-refractivity contribution in [1.82, 2.24) is 10.2 Å². The standard InChI is InChI=1S/C15H21FN2O/c1-18(11-12-5-7-17-8-6-12)15(19)10-13-3-2-4-14(16)9-13/h2-4,9,12,17H,5-8,10-11H2,1H3. The Bertz CT molecular complexity index is 430. The summed E-state index contributed by atoms with van der Waals surface area (Å²) in [4.78, 5) is 13.9. The zero-order valence-electron chi connectivity index (χ0n) is 11.4. The van der Waals surface area contributed by atoms with E-state index in [1.807, 2.05) is 7.05 Å². The van der Waals surface area contributed by atoms with E-state index < -0.39 is 0 Å². The Morgan fingerprint density at radius 2 is 2.16 bits per heavy atom. The van der Waals surface area contributed by atoms with Gasteiger partial charge in [-0.2, -0.15) is 0 Å². The lowest BCUT2D eigenvalue weighted by atomic mass is 9.97. The Balaban J connectivity index is 1.84. The molecule has 4 heteroatoms. The zero-order chi connectivity index (χ0) is 13.7. The average molecular weight is 264 g/mol. The molecule has 0 aliphatic carbocycles. The second kappa shape index (κ2) is 6.66. The number of carbonyl (C=O) groups excluding carboxylic acids is 1. The topological polar surface area (TPSA) is 32.3 Å². The number of amides is 1. The molecule has 0 unspecified atom stereocenters. The summed E-state index contributed by atoms with van der Waals surface area (Å²) in [5.41, 5.74) is 0.738. The summed E-state index contributed by atoms with van der Waals surface area (Å²) in [5, 5.41) is 3.32. The number of hydrogen-bond donors (Lipinski definition) is 1. The Kier molecular flexibility index (Phi) is 4.91. The van der Waals surface area contributed by atoms with Gasteiger partial charge in [0.15, 0.2) is 0 Å². The fraction of sp³-hybridized carbons (Fsp3) is 0.533. The van der Waals surface area contributed by atoms with Crippen LogP contribution in [0.4, 0.5) is 4.39 Å². The normalized spacial score (nSPS) is 16.3. The molecule has 0 saturated carbocycles. The van der Waals surface area contributed by atoms with E-state index in [-0.39, 0.29) is 18.1 Å². The lowest BCUT2D eigenvalue weighted by molar-refractivity contribution is -0.129. The summed E-state index contributed by atoms with van der Waals surface area (Å²) >= 11 is 0. The Morgan fingerprint density at radius 3 is 2.84 bits per heavy atom. The quantitative estimate of drug-likeness (QED) is 0.900. The predicted molar refractivity (Wildman–Crippen MR) is 73.3 cm³/mol. The zero-order valence-corrected chi connectivity index (χ0v) is 11.4. The molecule has 1 saturated heterocycles. The summed E-state index contributed by atoms with van der Waals surface area (Å²) in [5.74, 6) is 0.359. The molecule has 0 aromatic heterocycles. The number of piperidine rings is 1. The van der Waals surface area contributed by atoms with Crippen molar-refractivity contribution in [2.45, 2.75) is 19.3 Å². The number of hydrogen-bond acceptors (Lipinski definition) is 2. The van der Waals surface area contributed by atoms with Gasteiger partial charge >= 0.3 is 0 Å². The van der Waals surface area contributed by atoms with Gasteiger partial charge in [0.25, 0.3) is 0 Å². The van der Waals surface area contributed by atoms with E-state index in [0.29, 0.717) is 5.92 Å². The molecule has 0 atom stereocenters. The van der Waals surface area contributed by atoms with Gasteiger partial charge in [0.1, 0.15) is 5.82 Å². The van der Waals surface area contributed by atoms with Crippen molar-refractivity contribution in [2.24, 2.45) is 5.92 Å². The van der Waals surface area contributed by atoms with E-state index in [9.17, 15) is 9.18 Å². The Morgan fingerprint density at radius 1 is 1.42 bits per heavy atom. The van der Waals surface area contributed by atoms with Crippen molar-refractivity contribution >= 4 is 5.91 Å². The van der Waals surface area contributed by atoms with E-state index in [2.05, 4.69) is 5.32 Å². The fourth-order valence-electron chi connectivity index (χ4n) is 2.51. The van der Waals surface area contributed by atoms with Gasteiger partial charge in [0, 0.05) is 13.6 Å². The lowest BCUT2D eigenvalue weighted by Crippen LogP contribution is -2.37. The van der Waals surface area contributed by atoms with Gasteiger partial charge in [0.2, 0.25) is 5.91 Å². The van der Waals surface area contributed by atoms with Crippen LogP contribution in [0.2, 0.25) is 0 Å². The number of halogens is 1. The lowest BCUT2D eigenvalue weighted by Gasteiger charge is -2.27. The molecule has 0 radical (unpaired) electrons. The molecular weight excluding hydrogens is 243 g/mol. The number of nitrogens with one attached hydrogen (secondary N) is 1. The van der Waals surface area contributed by atoms with E-state index >= 15 is 0 Å². The largest absolute Gasteiger partial charge is 0.345 e. The molecule has 1 fully saturated rings. The van der Waals surface area contributed by atoms with Gasteiger partial charge in [-0.25, -0.2) is 4.39 Å². The van der Waals surface area contributed by atoms with Crippen LogP contribution in [0.25, 0.3) is 0 Å². The first-order chi connectivity index (χ1) is 9.15. The van der Waals surface area contributed by atoms with Gasteiger partial charge in [-0.3, -0.25) is 4.79 Å². The maximum atomic E-state index is 13.1. The highest BCUT2D eigenvalue weighted by Gasteiger charge is 2.18. The molecule has 1 aliphatic rings. The molecule has 104 valence electrons. The molecule has 1 aromatic rings. The fourth-order valence-corrected chi connectivity index (χ4v) is 2.51. The number of benzene rings is 1. The molecule has 1 amide bonds. The SMILES string of the molecule is CN(CC1CCNCC1)C(=O)Cc1cccc(F)c1. The van der Waals surface area contributed by atoms with E-state index in [0.717, 1.165) is 38.0 Å². The van der Waals surface area contributed by atoms with Crippen molar-refractivity contribution in [3.63, 3.8) is 0 Å². The molecule has 1 aromatic carbocycles. The van der Waals surface area contributed by atoms with Crippen LogP contribution in [0.1, 0.15) is 18.4 Å². The summed E-state index contributed by atoms with van der Waals surface area (Å²) in [6.45, 7) is 2.88. The third-order valence-corrected chi connectivity index (χ3v) is 3.66. The number of carbonyl (C=O) groups is 1. The highest BCUT2D eigenvalue weighted by Crippen LogP contribution is 2.13. The van der Waals surface area contributed by atoms with E-state index in [1.54, 1.807) is 17.0 Å². The van der Waals surface area contributed by atoms with Crippen molar-refractivity contribution in [1.29, 1.82) is 0 Å². The summed E-state index contributed by atoms with van der Waals surface area (Å²) < 4.78 is 13.1. The van der Waals surface area contributed by atoms with Crippen LogP contribution in [-0.4, -0.2) is 37.5 Å². The maximum absolute atomic E-state index is 13.1. The third kappa shape index (κ3) is 4.31. The Labute approximate surface area is 113 Å². The van der Waals surface area contributed by atoms with Crippen LogP contribution in [0.15, 0.2) is 24.3 Å². The predicted octanol–water partition coefficient (Wildman–Crippen LogP) is 1.83. The second-order valence-electron chi connectivity index (χ2n) is 5.27. The molecule has 1 aliphatic heterocycles. The first-order valence-corrected chi connectivity index (χ1v) is 6.84. The highest BCUT2D eigenvalue weighted by molar-refractivity contribution is 5.78. The number of rotatable bonds is 4. The number of nitrogens with zero attached hydrogens (tertiary/aromatic N) is 1. The minimum Gasteiger partial charge on any atom is -0.345 e. The maximum Gasteiger partial charge on any atom is 0.226 e. The monoisotopic (exact) mass is 264 g/mol. The minimum absolute atomic E-state index is 0.0594. The molecule has 19 heavy (non-hydrogen) atoms. The summed E-state index contributed by atoms with van der Waals surface area (Å²) in [6, 6.07) is 6.26. The summed E-state index contributed by atoms with van der Waals surface area (Å²) in [7, 11) is 1.84. The Hall–Kier alpha value is -1.42. The molecule has 0 bridgehead atoms. The second-order valence-corrected chi connectivity index (χ2v) is 5.27. The van der Waals surface area contributed by atoms with Crippen LogP contribution in [-0.2, 0) is 11.2 Å². The average Bonchev–Trinajstić information content (AvgIpc) is 2.40. The first kappa shape index (κ1) is 14.0. The van der Waals surface area contributed by atoms with Crippen molar-refractivity contribution in [3.05, 3.63) is 35.6 Å². The minimum atomic E-state index is -0.286. The smallest absolute Gasteiger partial charge is 0.226 e. The van der Waals surface area contributed by atoms with E-state index in [4.69, 9.17) is 0 Å². The first-order valence-electron chi connectivity index (χ1n) is 6.84. The van der Waals surface area contributed by atoms with Gasteiger partial charge in [0.05, 0.1) is 6.42 Å². The molecular formula is C15H21FN2O. The highest BCUT2D eigenvalue weighted by atomic mass is 19.1. The molecule has 1 N–H and O–H groups in total. The molecule has 0 spiro atoms. The van der Waals surface area contributed by atoms with Gasteiger partial charge in [-0.15, -0.1) is 0 Å². The third-order valence-electron chi connectivity index (χ3n) is 3.66. The van der Waals surface area contributed by atoms with Crippen LogP contribution in [0, 0.1) is 11.7 Å². The van der Waals surface area contributed by atoms with Gasteiger partial charge in [-0.1, -0.05) is 12.1 Å². The van der Waals surface area contributed by atoms with Crippen LogP contribution in [0.5, 0.6) is 0 Å². The number of likely N-dealkylation sites (N-methyl/N-ethyl adjacent to an activating group) is 1. The van der Waals surface area contributed by atoms with Crippen molar-refractivity contribution < 1.29 is 9.18 Å². The van der Waals surface area contributed by atoms with Gasteiger partial charge < -0.3 is 10.2 Å². The van der Waals surface area contributed by atoms with Crippen LogP contribution >= 0.6 is 0 Å². The van der Waals surface area contributed by atoms with Crippen LogP contribution < -0.4 is 5.32 Å². The van der Waals surface area contributed by atoms with Crippen LogP contribution in [0.3, 0.4) is 0 Å². The van der Waals surface area contributed by atoms with Gasteiger partial charge in [-0.05, 0) is 49.5 Å². The molecule has 3 nitrogen and oxygen atoms in total. The molecule has 2 rings (SSSR count). The van der Waals surface area contributed by atoms with Crippen molar-refractivity contribution in [3.8, 4) is 0 Å².